The lowest BCUT2D eigenvalue weighted by Crippen LogP contribution is -2.52. The van der Waals surface area contributed by atoms with Gasteiger partial charge < -0.3 is 10.1 Å². The fourth-order valence-corrected chi connectivity index (χ4v) is 3.51. The van der Waals surface area contributed by atoms with Crippen LogP contribution in [0.2, 0.25) is 0 Å². The second-order valence-corrected chi connectivity index (χ2v) is 7.97. The van der Waals surface area contributed by atoms with Gasteiger partial charge >= 0.3 is 0 Å². The second-order valence-electron chi connectivity index (χ2n) is 6.98. The van der Waals surface area contributed by atoms with Crippen molar-refractivity contribution in [3.8, 4) is 17.0 Å². The molecular formula is C23H25N5O4S. The number of rotatable bonds is 9. The van der Waals surface area contributed by atoms with Crippen molar-refractivity contribution in [1.29, 1.82) is 0 Å². The van der Waals surface area contributed by atoms with Crippen molar-refractivity contribution in [2.75, 3.05) is 19.1 Å². The van der Waals surface area contributed by atoms with Crippen LogP contribution in [0.15, 0.2) is 60.7 Å². The molecule has 1 aromatic heterocycles. The smallest absolute Gasteiger partial charge is 0.287 e. The average molecular weight is 468 g/mol. The maximum absolute atomic E-state index is 12.7. The molecule has 0 saturated carbocycles. The Morgan fingerprint density at radius 2 is 1.76 bits per heavy atom. The molecule has 10 heteroatoms. The number of hydrazine groups is 1. The van der Waals surface area contributed by atoms with Crippen molar-refractivity contribution in [3.05, 3.63) is 71.9 Å². The predicted molar refractivity (Wildman–Crippen MR) is 127 cm³/mol. The van der Waals surface area contributed by atoms with Crippen LogP contribution in [-0.4, -0.2) is 53.1 Å². The van der Waals surface area contributed by atoms with Crippen LogP contribution in [0.1, 0.15) is 27.3 Å². The van der Waals surface area contributed by atoms with Gasteiger partial charge in [-0.05, 0) is 36.6 Å². The van der Waals surface area contributed by atoms with E-state index >= 15 is 0 Å². The number of benzene rings is 2. The van der Waals surface area contributed by atoms with Crippen LogP contribution >= 0.6 is 11.8 Å². The summed E-state index contributed by atoms with van der Waals surface area (Å²) in [5.41, 5.74) is 6.71. The van der Waals surface area contributed by atoms with Gasteiger partial charge in [0, 0.05) is 5.56 Å². The second kappa shape index (κ2) is 11.7. The molecule has 3 rings (SSSR count). The molecule has 0 bridgehead atoms. The van der Waals surface area contributed by atoms with Gasteiger partial charge in [-0.1, -0.05) is 42.5 Å². The number of amides is 3. The summed E-state index contributed by atoms with van der Waals surface area (Å²) >= 11 is 1.54. The molecule has 1 atom stereocenters. The summed E-state index contributed by atoms with van der Waals surface area (Å²) in [4.78, 5) is 37.9. The molecule has 2 aromatic carbocycles. The highest BCUT2D eigenvalue weighted by Gasteiger charge is 2.23. The minimum Gasteiger partial charge on any atom is -0.496 e. The Labute approximate surface area is 195 Å². The topological polar surface area (TPSA) is 125 Å². The first-order chi connectivity index (χ1) is 16.0. The quantitative estimate of drug-likeness (QED) is 0.358. The number of aromatic nitrogens is 2. The van der Waals surface area contributed by atoms with Crippen LogP contribution in [0.3, 0.4) is 0 Å². The van der Waals surface area contributed by atoms with E-state index in [0.717, 1.165) is 5.56 Å². The van der Waals surface area contributed by atoms with E-state index in [-0.39, 0.29) is 5.69 Å². The summed E-state index contributed by atoms with van der Waals surface area (Å²) in [6.45, 7) is 0. The summed E-state index contributed by atoms with van der Waals surface area (Å²) in [5, 5.41) is 9.50. The van der Waals surface area contributed by atoms with E-state index < -0.39 is 23.8 Å². The lowest BCUT2D eigenvalue weighted by Gasteiger charge is -2.19. The molecular weight excluding hydrogens is 442 g/mol. The Kier molecular flexibility index (Phi) is 8.48. The van der Waals surface area contributed by atoms with E-state index in [1.165, 1.54) is 7.11 Å². The molecule has 0 spiro atoms. The molecule has 0 fully saturated rings. The predicted octanol–water partition coefficient (Wildman–Crippen LogP) is 2.40. The van der Waals surface area contributed by atoms with Crippen molar-refractivity contribution < 1.29 is 19.1 Å². The maximum Gasteiger partial charge on any atom is 0.287 e. The van der Waals surface area contributed by atoms with Crippen LogP contribution in [0, 0.1) is 0 Å². The molecule has 0 aliphatic heterocycles. The molecule has 9 nitrogen and oxygen atoms in total. The third-order valence-corrected chi connectivity index (χ3v) is 5.42. The minimum absolute atomic E-state index is 0.188. The highest BCUT2D eigenvalue weighted by Crippen LogP contribution is 2.18. The van der Waals surface area contributed by atoms with Crippen molar-refractivity contribution in [2.24, 2.45) is 0 Å². The van der Waals surface area contributed by atoms with Gasteiger partial charge in [0.2, 0.25) is 0 Å². The van der Waals surface area contributed by atoms with E-state index in [4.69, 9.17) is 4.74 Å². The average Bonchev–Trinajstić information content (AvgIpc) is 3.35. The van der Waals surface area contributed by atoms with E-state index in [0.29, 0.717) is 29.2 Å². The molecule has 172 valence electrons. The first kappa shape index (κ1) is 23.9. The lowest BCUT2D eigenvalue weighted by molar-refractivity contribution is -0.123. The summed E-state index contributed by atoms with van der Waals surface area (Å²) in [6.07, 6.45) is 2.29. The molecule has 3 amide bonds. The Balaban J connectivity index is 1.62. The normalized spacial score (nSPS) is 11.3. The van der Waals surface area contributed by atoms with Gasteiger partial charge in [-0.25, -0.2) is 0 Å². The van der Waals surface area contributed by atoms with Gasteiger partial charge in [0.25, 0.3) is 17.7 Å². The summed E-state index contributed by atoms with van der Waals surface area (Å²) < 4.78 is 5.22. The van der Waals surface area contributed by atoms with Crippen molar-refractivity contribution in [1.82, 2.24) is 26.4 Å². The number of carbonyl (C=O) groups is 3. The summed E-state index contributed by atoms with van der Waals surface area (Å²) in [5.74, 6) is -0.498. The Hall–Kier alpha value is -3.79. The minimum atomic E-state index is -0.850. The number of H-pyrrole nitrogens is 1. The highest BCUT2D eigenvalue weighted by molar-refractivity contribution is 7.98. The first-order valence-electron chi connectivity index (χ1n) is 10.2. The Morgan fingerprint density at radius 3 is 2.48 bits per heavy atom. The van der Waals surface area contributed by atoms with E-state index in [9.17, 15) is 14.4 Å². The van der Waals surface area contributed by atoms with Gasteiger partial charge in [0.15, 0.2) is 0 Å². The molecule has 1 heterocycles. The molecule has 0 saturated heterocycles. The lowest BCUT2D eigenvalue weighted by atomic mass is 10.1. The third kappa shape index (κ3) is 6.36. The van der Waals surface area contributed by atoms with Gasteiger partial charge in [0.1, 0.15) is 17.5 Å². The molecule has 3 aromatic rings. The fraction of sp³-hybridized carbons (Fsp3) is 0.217. The SMILES string of the molecule is COc1ccccc1C(=O)N[C@@H](CCSC)C(=O)NNC(=O)c1cc(-c2ccccc2)n[nH]1. The number of ether oxygens (including phenoxy) is 1. The van der Waals surface area contributed by atoms with Gasteiger partial charge in [-0.2, -0.15) is 16.9 Å². The zero-order valence-electron chi connectivity index (χ0n) is 18.3. The van der Waals surface area contributed by atoms with Gasteiger partial charge in [-0.15, -0.1) is 0 Å². The van der Waals surface area contributed by atoms with E-state index in [1.807, 2.05) is 36.6 Å². The van der Waals surface area contributed by atoms with Gasteiger partial charge in [-0.3, -0.25) is 30.3 Å². The number of aromatic amines is 1. The van der Waals surface area contributed by atoms with Crippen LogP contribution in [-0.2, 0) is 4.79 Å². The van der Waals surface area contributed by atoms with Crippen molar-refractivity contribution in [3.63, 3.8) is 0 Å². The number of hydrogen-bond acceptors (Lipinski definition) is 6. The van der Waals surface area contributed by atoms with Crippen molar-refractivity contribution in [2.45, 2.75) is 12.5 Å². The fourth-order valence-electron chi connectivity index (χ4n) is 3.04. The third-order valence-electron chi connectivity index (χ3n) is 4.78. The zero-order valence-corrected chi connectivity index (χ0v) is 19.1. The van der Waals surface area contributed by atoms with Crippen LogP contribution < -0.4 is 20.9 Å². The van der Waals surface area contributed by atoms with E-state index in [1.54, 1.807) is 42.1 Å². The molecule has 0 radical (unpaired) electrons. The van der Waals surface area contributed by atoms with Crippen LogP contribution in [0.25, 0.3) is 11.3 Å². The Bertz CT molecular complexity index is 1100. The number of carbonyl (C=O) groups excluding carboxylic acids is 3. The number of thioether (sulfide) groups is 1. The first-order valence-corrected chi connectivity index (χ1v) is 11.6. The molecule has 0 aliphatic rings. The highest BCUT2D eigenvalue weighted by atomic mass is 32.2. The number of hydrogen-bond donors (Lipinski definition) is 4. The molecule has 0 unspecified atom stereocenters. The largest absolute Gasteiger partial charge is 0.496 e. The number of para-hydroxylation sites is 1. The standard InChI is InChI=1S/C23H25N5O4S/c1-32-20-11-7-6-10-16(20)21(29)24-17(12-13-33-2)22(30)27-28-23(31)19-14-18(25-26-19)15-8-4-3-5-9-15/h3-11,14,17H,12-13H2,1-2H3,(H,24,29)(H,25,26)(H,27,30)(H,28,31)/t17-/m0/s1. The summed E-state index contributed by atoms with van der Waals surface area (Å²) in [7, 11) is 1.47. The van der Waals surface area contributed by atoms with Crippen LogP contribution in [0.4, 0.5) is 0 Å². The number of nitrogens with one attached hydrogen (secondary N) is 4. The van der Waals surface area contributed by atoms with E-state index in [2.05, 4.69) is 26.4 Å². The van der Waals surface area contributed by atoms with Gasteiger partial charge in [0.05, 0.1) is 18.4 Å². The van der Waals surface area contributed by atoms with Crippen molar-refractivity contribution >= 4 is 29.5 Å². The monoisotopic (exact) mass is 467 g/mol. The summed E-state index contributed by atoms with van der Waals surface area (Å²) in [6, 6.07) is 16.9. The number of methoxy groups -OCH3 is 1. The molecule has 0 aliphatic carbocycles. The zero-order chi connectivity index (χ0) is 23.6. The number of nitrogens with zero attached hydrogens (tertiary/aromatic N) is 1. The Morgan fingerprint density at radius 1 is 1.03 bits per heavy atom. The van der Waals surface area contributed by atoms with Crippen LogP contribution in [0.5, 0.6) is 5.75 Å². The molecule has 33 heavy (non-hydrogen) atoms. The maximum atomic E-state index is 12.7. The molecule has 4 N–H and O–H groups in total.